The molecule has 0 radical (unpaired) electrons. The van der Waals surface area contributed by atoms with Gasteiger partial charge in [0.05, 0.1) is 28.7 Å². The van der Waals surface area contributed by atoms with Crippen LogP contribution in [0.3, 0.4) is 0 Å². The Morgan fingerprint density at radius 1 is 1.06 bits per heavy atom. The van der Waals surface area contributed by atoms with Gasteiger partial charge in [0.15, 0.2) is 11.6 Å². The molecule has 3 aromatic carbocycles. The summed E-state index contributed by atoms with van der Waals surface area (Å²) in [5, 5.41) is 18.9. The first-order chi connectivity index (χ1) is 22.9. The molecule has 0 spiro atoms. The molecule has 4 aromatic rings. The maximum atomic E-state index is 15.7. The molecular weight excluding hydrogens is 658 g/mol. The number of likely N-dealkylation sites (N-methyl/N-ethyl adjacent to an activating group) is 1. The highest BCUT2D eigenvalue weighted by molar-refractivity contribution is 6.36. The molecule has 0 bridgehead atoms. The molecule has 0 unspecified atom stereocenters. The lowest BCUT2D eigenvalue weighted by Gasteiger charge is -2.21. The normalized spacial score (nSPS) is 15.1. The second kappa shape index (κ2) is 13.4. The van der Waals surface area contributed by atoms with Crippen LogP contribution in [0.4, 0.5) is 21.5 Å². The molecule has 10 nitrogen and oxygen atoms in total. The number of nitrogens with one attached hydrogen (secondary N) is 3. The predicted octanol–water partition coefficient (Wildman–Crippen LogP) is 6.93. The third-order valence-electron chi connectivity index (χ3n) is 9.12. The smallest absolute Gasteiger partial charge is 0.323 e. The van der Waals surface area contributed by atoms with E-state index in [-0.39, 0.29) is 41.1 Å². The number of aliphatic carboxylic acids is 1. The highest BCUT2D eigenvalue weighted by Gasteiger charge is 2.50. The monoisotopic (exact) mass is 694 g/mol. The van der Waals surface area contributed by atoms with Gasteiger partial charge in [0.25, 0.3) is 5.91 Å². The molecule has 1 aliphatic heterocycles. The number of carbonyl (C=O) groups is 2. The number of rotatable bonds is 11. The maximum Gasteiger partial charge on any atom is 0.323 e. The Balaban J connectivity index is 1.26. The van der Waals surface area contributed by atoms with Crippen molar-refractivity contribution in [1.29, 1.82) is 0 Å². The fraction of sp³-hybridized carbons (Fsp3) is 0.343. The number of carbonyl (C=O) groups excluding carboxylic acids is 1. The molecular formula is C35H37Cl2FN6O4. The van der Waals surface area contributed by atoms with Gasteiger partial charge in [-0.3, -0.25) is 14.9 Å². The van der Waals surface area contributed by atoms with Crippen LogP contribution in [0.5, 0.6) is 5.75 Å². The lowest BCUT2D eigenvalue weighted by atomic mass is 9.98. The molecule has 2 heterocycles. The topological polar surface area (TPSA) is 121 Å². The van der Waals surface area contributed by atoms with Crippen LogP contribution in [0.25, 0.3) is 11.1 Å². The number of ether oxygens (including phenoxy) is 1. The Morgan fingerprint density at radius 2 is 1.77 bits per heavy atom. The fourth-order valence-electron chi connectivity index (χ4n) is 6.11. The Bertz CT molecular complexity index is 1930. The third-order valence-corrected chi connectivity index (χ3v) is 9.90. The summed E-state index contributed by atoms with van der Waals surface area (Å²) in [7, 11) is 3.89. The number of nitrogens with zero attached hydrogens (tertiary/aromatic N) is 3. The van der Waals surface area contributed by atoms with Crippen LogP contribution < -0.4 is 20.7 Å². The van der Waals surface area contributed by atoms with E-state index in [1.807, 2.05) is 55.9 Å². The molecule has 0 atom stereocenters. The van der Waals surface area contributed by atoms with Crippen molar-refractivity contribution in [2.75, 3.05) is 30.8 Å². The number of anilines is 3. The van der Waals surface area contributed by atoms with Gasteiger partial charge in [-0.25, -0.2) is 9.37 Å². The molecule has 1 aliphatic carbocycles. The van der Waals surface area contributed by atoms with E-state index < -0.39 is 17.3 Å². The molecule has 1 saturated carbocycles. The van der Waals surface area contributed by atoms with Crippen LogP contribution >= 0.6 is 23.2 Å². The molecule has 1 fully saturated rings. The molecule has 2 aliphatic rings. The van der Waals surface area contributed by atoms with Crippen molar-refractivity contribution < 1.29 is 23.8 Å². The number of fused-ring (bicyclic) bond motifs is 1. The first kappa shape index (κ1) is 33.7. The van der Waals surface area contributed by atoms with Gasteiger partial charge in [0.2, 0.25) is 0 Å². The molecule has 0 saturated heterocycles. The third kappa shape index (κ3) is 6.35. The van der Waals surface area contributed by atoms with Crippen molar-refractivity contribution in [2.45, 2.75) is 51.7 Å². The number of amides is 1. The summed E-state index contributed by atoms with van der Waals surface area (Å²) in [6.07, 6.45) is 1.77. The molecule has 4 N–H and O–H groups in total. The molecule has 252 valence electrons. The van der Waals surface area contributed by atoms with Crippen molar-refractivity contribution in [3.63, 3.8) is 0 Å². The SMILES string of the molecule is CCOc1cc(Nc2cccc(-c3cccc(NC(=O)c4nc5c(n4C)CCN(C)C5)c3Cl)c2C)c(Cl)c(F)c1CNC1(C(=O)O)CC1. The fourth-order valence-corrected chi connectivity index (χ4v) is 6.60. The summed E-state index contributed by atoms with van der Waals surface area (Å²) in [5.41, 5.74) is 4.75. The van der Waals surface area contributed by atoms with E-state index in [0.717, 1.165) is 35.5 Å². The quantitative estimate of drug-likeness (QED) is 0.133. The summed E-state index contributed by atoms with van der Waals surface area (Å²) in [6, 6.07) is 12.6. The number of carboxylic acids is 1. The van der Waals surface area contributed by atoms with E-state index in [1.54, 1.807) is 19.1 Å². The molecule has 13 heteroatoms. The minimum absolute atomic E-state index is 0.0484. The second-order valence-corrected chi connectivity index (χ2v) is 13.1. The summed E-state index contributed by atoms with van der Waals surface area (Å²) >= 11 is 13.5. The van der Waals surface area contributed by atoms with Gasteiger partial charge in [0, 0.05) is 61.7 Å². The van der Waals surface area contributed by atoms with Gasteiger partial charge < -0.3 is 29.9 Å². The van der Waals surface area contributed by atoms with Crippen molar-refractivity contribution in [2.24, 2.45) is 7.05 Å². The van der Waals surface area contributed by atoms with Gasteiger partial charge in [-0.15, -0.1) is 0 Å². The Hall–Kier alpha value is -4.16. The molecule has 48 heavy (non-hydrogen) atoms. The van der Waals surface area contributed by atoms with Gasteiger partial charge in [-0.05, 0) is 57.0 Å². The van der Waals surface area contributed by atoms with Gasteiger partial charge in [-0.1, -0.05) is 47.5 Å². The van der Waals surface area contributed by atoms with Crippen molar-refractivity contribution in [3.05, 3.63) is 86.7 Å². The predicted molar refractivity (Wildman–Crippen MR) is 185 cm³/mol. The zero-order chi connectivity index (χ0) is 34.3. The van der Waals surface area contributed by atoms with Gasteiger partial charge in [-0.2, -0.15) is 0 Å². The van der Waals surface area contributed by atoms with Crippen LogP contribution in [-0.4, -0.2) is 57.2 Å². The van der Waals surface area contributed by atoms with E-state index in [4.69, 9.17) is 27.9 Å². The first-order valence-electron chi connectivity index (χ1n) is 15.8. The largest absolute Gasteiger partial charge is 0.493 e. The lowest BCUT2D eigenvalue weighted by Crippen LogP contribution is -2.38. The molecule has 1 amide bonds. The van der Waals surface area contributed by atoms with Crippen LogP contribution in [-0.2, 0) is 31.4 Å². The minimum atomic E-state index is -1.05. The Kier molecular flexibility index (Phi) is 9.41. The number of hydrogen-bond acceptors (Lipinski definition) is 7. The van der Waals surface area contributed by atoms with Crippen molar-refractivity contribution in [3.8, 4) is 16.9 Å². The minimum Gasteiger partial charge on any atom is -0.493 e. The van der Waals surface area contributed by atoms with E-state index in [0.29, 0.717) is 47.2 Å². The van der Waals surface area contributed by atoms with Crippen LogP contribution in [0.1, 0.15) is 52.9 Å². The average molecular weight is 696 g/mol. The summed E-state index contributed by atoms with van der Waals surface area (Å²) in [4.78, 5) is 31.8. The summed E-state index contributed by atoms with van der Waals surface area (Å²) < 4.78 is 23.3. The maximum absolute atomic E-state index is 15.7. The number of imidazole rings is 1. The Morgan fingerprint density at radius 3 is 2.46 bits per heavy atom. The number of carboxylic acid groups (broad SMARTS) is 1. The molecule has 1 aromatic heterocycles. The number of halogens is 3. The van der Waals surface area contributed by atoms with E-state index in [2.05, 4.69) is 25.8 Å². The van der Waals surface area contributed by atoms with E-state index in [9.17, 15) is 14.7 Å². The van der Waals surface area contributed by atoms with Crippen LogP contribution in [0.15, 0.2) is 42.5 Å². The van der Waals surface area contributed by atoms with Gasteiger partial charge >= 0.3 is 5.97 Å². The highest BCUT2D eigenvalue weighted by Crippen LogP contribution is 2.42. The number of benzene rings is 3. The van der Waals surface area contributed by atoms with Gasteiger partial charge in [0.1, 0.15) is 16.3 Å². The van der Waals surface area contributed by atoms with Crippen LogP contribution in [0.2, 0.25) is 10.0 Å². The summed E-state index contributed by atoms with van der Waals surface area (Å²) in [6.45, 7) is 5.51. The van der Waals surface area contributed by atoms with E-state index >= 15 is 4.39 Å². The molecule has 6 rings (SSSR count). The zero-order valence-electron chi connectivity index (χ0n) is 27.1. The van der Waals surface area contributed by atoms with Crippen molar-refractivity contribution in [1.82, 2.24) is 19.8 Å². The lowest BCUT2D eigenvalue weighted by molar-refractivity contribution is -0.140. The number of hydrogen-bond donors (Lipinski definition) is 4. The van der Waals surface area contributed by atoms with Crippen LogP contribution in [0, 0.1) is 12.7 Å². The Labute approximate surface area is 288 Å². The average Bonchev–Trinajstić information content (AvgIpc) is 3.78. The highest BCUT2D eigenvalue weighted by atomic mass is 35.5. The van der Waals surface area contributed by atoms with Crippen molar-refractivity contribution >= 4 is 52.1 Å². The number of aromatic nitrogens is 2. The standard InChI is InChI=1S/C35H37Cl2FN6O4/c1-5-48-28-16-25(30(37)31(38)22(28)17-39-35(13-14-35)34(46)47)40-23-10-6-8-20(19(23)2)21-9-7-11-24(29(21)36)42-33(45)32-41-26-18-43(3)15-12-27(26)44(32)4/h6-11,16,39-40H,5,12-15,17-18H2,1-4H3,(H,42,45)(H,46,47). The summed E-state index contributed by atoms with van der Waals surface area (Å²) in [5.74, 6) is -1.42. The zero-order valence-corrected chi connectivity index (χ0v) is 28.7. The van der Waals surface area contributed by atoms with E-state index in [1.165, 1.54) is 0 Å². The first-order valence-corrected chi connectivity index (χ1v) is 16.5. The second-order valence-electron chi connectivity index (χ2n) is 12.3.